The smallest absolute Gasteiger partial charge is 0.481 e. The van der Waals surface area contributed by atoms with Gasteiger partial charge in [-0.1, -0.05) is 13.3 Å². The molecule has 0 aliphatic carbocycles. The summed E-state index contributed by atoms with van der Waals surface area (Å²) in [5.41, 5.74) is 0. The fraction of sp³-hybridized carbons (Fsp3) is 0.750. The largest absolute Gasteiger partial charge is 0.508 e. The number of hydrogen-bond donors (Lipinski definition) is 1. The van der Waals surface area contributed by atoms with Crippen LogP contribution in [-0.4, -0.2) is 30.4 Å². The lowest BCUT2D eigenvalue weighted by atomic mass is 10.3. The molecule has 76 valence electrons. The molecule has 1 aliphatic rings. The summed E-state index contributed by atoms with van der Waals surface area (Å²) in [7, 11) is 0. The lowest BCUT2D eigenvalue weighted by molar-refractivity contribution is -0.137. The molecule has 13 heavy (non-hydrogen) atoms. The zero-order valence-electron chi connectivity index (χ0n) is 7.62. The van der Waals surface area contributed by atoms with Crippen LogP contribution < -0.4 is 0 Å². The van der Waals surface area contributed by atoms with Gasteiger partial charge in [-0.25, -0.2) is 4.79 Å². The fourth-order valence-electron chi connectivity index (χ4n) is 0.620. The van der Waals surface area contributed by atoms with Crippen molar-refractivity contribution in [2.45, 2.75) is 26.2 Å². The van der Waals surface area contributed by atoms with E-state index < -0.39 is 12.1 Å². The van der Waals surface area contributed by atoms with E-state index in [0.717, 1.165) is 12.8 Å². The van der Waals surface area contributed by atoms with Crippen LogP contribution in [0.25, 0.3) is 0 Å². The monoisotopic (exact) mass is 190 g/mol. The van der Waals surface area contributed by atoms with Crippen molar-refractivity contribution in [2.75, 3.05) is 13.2 Å². The number of ether oxygens (including phenoxy) is 2. The molecule has 0 unspecified atom stereocenters. The SMILES string of the molecule is CCCCC(=O)O.O=C1OCCO1. The number of rotatable bonds is 3. The van der Waals surface area contributed by atoms with E-state index in [1.165, 1.54) is 0 Å². The van der Waals surface area contributed by atoms with Crippen molar-refractivity contribution in [1.29, 1.82) is 0 Å². The van der Waals surface area contributed by atoms with E-state index in [-0.39, 0.29) is 0 Å². The van der Waals surface area contributed by atoms with Gasteiger partial charge in [-0.2, -0.15) is 0 Å². The van der Waals surface area contributed by atoms with Crippen LogP contribution in [0, 0.1) is 0 Å². The lowest BCUT2D eigenvalue weighted by Crippen LogP contribution is -1.91. The summed E-state index contributed by atoms with van der Waals surface area (Å²) in [4.78, 5) is 19.6. The van der Waals surface area contributed by atoms with E-state index in [1.807, 2.05) is 6.92 Å². The third-order valence-corrected chi connectivity index (χ3v) is 1.27. The minimum Gasteiger partial charge on any atom is -0.481 e. The van der Waals surface area contributed by atoms with Gasteiger partial charge in [-0.3, -0.25) is 4.79 Å². The average Bonchev–Trinajstić information content (AvgIpc) is 2.53. The van der Waals surface area contributed by atoms with Gasteiger partial charge in [0.1, 0.15) is 13.2 Å². The van der Waals surface area contributed by atoms with Crippen molar-refractivity contribution in [1.82, 2.24) is 0 Å². The molecule has 1 fully saturated rings. The van der Waals surface area contributed by atoms with Gasteiger partial charge in [-0.15, -0.1) is 0 Å². The molecule has 0 spiro atoms. The van der Waals surface area contributed by atoms with Crippen molar-refractivity contribution < 1.29 is 24.2 Å². The number of carbonyl (C=O) groups excluding carboxylic acids is 1. The second-order valence-electron chi connectivity index (χ2n) is 2.44. The number of hydrogen-bond acceptors (Lipinski definition) is 4. The van der Waals surface area contributed by atoms with Crippen LogP contribution in [0.3, 0.4) is 0 Å². The van der Waals surface area contributed by atoms with Gasteiger partial charge in [0, 0.05) is 6.42 Å². The van der Waals surface area contributed by atoms with Crippen molar-refractivity contribution in [3.63, 3.8) is 0 Å². The van der Waals surface area contributed by atoms with E-state index in [4.69, 9.17) is 5.11 Å². The molecule has 0 aromatic carbocycles. The second-order valence-corrected chi connectivity index (χ2v) is 2.44. The van der Waals surface area contributed by atoms with Crippen LogP contribution in [-0.2, 0) is 14.3 Å². The maximum absolute atomic E-state index is 9.80. The Morgan fingerprint density at radius 3 is 2.15 bits per heavy atom. The molecule has 1 heterocycles. The molecular formula is C8H14O5. The van der Waals surface area contributed by atoms with Gasteiger partial charge in [0.25, 0.3) is 0 Å². The highest BCUT2D eigenvalue weighted by Crippen LogP contribution is 1.92. The first kappa shape index (κ1) is 11.7. The number of carboxylic acids is 1. The van der Waals surface area contributed by atoms with Crippen LogP contribution in [0.1, 0.15) is 26.2 Å². The normalized spacial score (nSPS) is 13.8. The first-order valence-corrected chi connectivity index (χ1v) is 4.18. The predicted molar refractivity (Wildman–Crippen MR) is 44.5 cm³/mol. The molecule has 1 aliphatic heterocycles. The van der Waals surface area contributed by atoms with Crippen LogP contribution in [0.4, 0.5) is 4.79 Å². The summed E-state index contributed by atoms with van der Waals surface area (Å²) in [6.07, 6.45) is 1.54. The van der Waals surface area contributed by atoms with Crippen LogP contribution in [0.2, 0.25) is 0 Å². The van der Waals surface area contributed by atoms with E-state index in [0.29, 0.717) is 19.6 Å². The van der Waals surface area contributed by atoms with Gasteiger partial charge >= 0.3 is 12.1 Å². The minimum absolute atomic E-state index is 0.316. The summed E-state index contributed by atoms with van der Waals surface area (Å²) in [6.45, 7) is 2.81. The van der Waals surface area contributed by atoms with Gasteiger partial charge in [0.05, 0.1) is 0 Å². The Morgan fingerprint density at radius 1 is 1.46 bits per heavy atom. The maximum atomic E-state index is 9.80. The van der Waals surface area contributed by atoms with Crippen molar-refractivity contribution in [2.24, 2.45) is 0 Å². The molecule has 0 bridgehead atoms. The molecule has 5 heteroatoms. The zero-order chi connectivity index (χ0) is 10.1. The Hall–Kier alpha value is -1.26. The lowest BCUT2D eigenvalue weighted by Gasteiger charge is -1.85. The van der Waals surface area contributed by atoms with Crippen LogP contribution >= 0.6 is 0 Å². The molecule has 1 N–H and O–H groups in total. The van der Waals surface area contributed by atoms with Crippen molar-refractivity contribution >= 4 is 12.1 Å². The molecule has 0 saturated carbocycles. The minimum atomic E-state index is -0.693. The van der Waals surface area contributed by atoms with E-state index in [1.54, 1.807) is 0 Å². The van der Waals surface area contributed by atoms with Crippen LogP contribution in [0.5, 0.6) is 0 Å². The first-order valence-electron chi connectivity index (χ1n) is 4.18. The predicted octanol–water partition coefficient (Wildman–Crippen LogP) is 1.41. The molecule has 1 saturated heterocycles. The summed E-state index contributed by atoms with van der Waals surface area (Å²) < 4.78 is 8.58. The summed E-state index contributed by atoms with van der Waals surface area (Å²) in [5, 5.41) is 8.04. The van der Waals surface area contributed by atoms with Crippen LogP contribution in [0.15, 0.2) is 0 Å². The van der Waals surface area contributed by atoms with Crippen molar-refractivity contribution in [3.05, 3.63) is 0 Å². The molecule has 0 radical (unpaired) electrons. The molecular weight excluding hydrogens is 176 g/mol. The molecule has 0 aromatic heterocycles. The molecule has 5 nitrogen and oxygen atoms in total. The van der Waals surface area contributed by atoms with E-state index >= 15 is 0 Å². The second kappa shape index (κ2) is 7.39. The standard InChI is InChI=1S/C5H10O2.C3H4O3/c1-2-3-4-5(6)7;4-3-5-1-2-6-3/h2-4H2,1H3,(H,6,7);1-2H2. The summed E-state index contributed by atoms with van der Waals surface area (Å²) in [5.74, 6) is -0.693. The quantitative estimate of drug-likeness (QED) is 0.681. The van der Waals surface area contributed by atoms with Gasteiger partial charge in [-0.05, 0) is 6.42 Å². The van der Waals surface area contributed by atoms with E-state index in [9.17, 15) is 9.59 Å². The van der Waals surface area contributed by atoms with E-state index in [2.05, 4.69) is 9.47 Å². The maximum Gasteiger partial charge on any atom is 0.508 e. The number of aliphatic carboxylic acids is 1. The molecule has 1 rings (SSSR count). The Morgan fingerprint density at radius 2 is 2.00 bits per heavy atom. The highest BCUT2D eigenvalue weighted by atomic mass is 16.8. The summed E-state index contributed by atoms with van der Waals surface area (Å²) in [6, 6.07) is 0. The highest BCUT2D eigenvalue weighted by Gasteiger charge is 2.09. The Balaban J connectivity index is 0.000000223. The fourth-order valence-corrected chi connectivity index (χ4v) is 0.620. The third kappa shape index (κ3) is 8.65. The molecule has 0 amide bonds. The highest BCUT2D eigenvalue weighted by molar-refractivity contribution is 5.66. The Bertz CT molecular complexity index is 158. The Labute approximate surface area is 76.6 Å². The Kier molecular flexibility index (Phi) is 6.68. The number of carbonyl (C=O) groups is 2. The van der Waals surface area contributed by atoms with Gasteiger partial charge in [0.2, 0.25) is 0 Å². The summed E-state index contributed by atoms with van der Waals surface area (Å²) >= 11 is 0. The molecule has 0 aromatic rings. The van der Waals surface area contributed by atoms with Gasteiger partial charge in [0.15, 0.2) is 0 Å². The van der Waals surface area contributed by atoms with Gasteiger partial charge < -0.3 is 14.6 Å². The number of carboxylic acid groups (broad SMARTS) is 1. The zero-order valence-corrected chi connectivity index (χ0v) is 7.62. The van der Waals surface area contributed by atoms with Crippen molar-refractivity contribution in [3.8, 4) is 0 Å². The molecule has 0 atom stereocenters. The number of unbranched alkanes of at least 4 members (excludes halogenated alkanes) is 1. The first-order chi connectivity index (χ1) is 6.16. The topological polar surface area (TPSA) is 72.8 Å². The number of cyclic esters (lactones) is 2. The average molecular weight is 190 g/mol. The third-order valence-electron chi connectivity index (χ3n) is 1.27.